The first-order valence-corrected chi connectivity index (χ1v) is 11.1. The summed E-state index contributed by atoms with van der Waals surface area (Å²) in [5, 5.41) is 4.30. The van der Waals surface area contributed by atoms with Gasteiger partial charge in [0.05, 0.1) is 30.2 Å². The fourth-order valence-corrected chi connectivity index (χ4v) is 5.52. The Balaban J connectivity index is 1.56. The average molecular weight is 420 g/mol. The van der Waals surface area contributed by atoms with Crippen LogP contribution < -0.4 is 0 Å². The molecule has 0 aliphatic carbocycles. The molecule has 0 saturated carbocycles. The van der Waals surface area contributed by atoms with Crippen LogP contribution in [0.15, 0.2) is 29.2 Å². The lowest BCUT2D eigenvalue weighted by molar-refractivity contribution is -0.0440. The summed E-state index contributed by atoms with van der Waals surface area (Å²) in [4.78, 5) is 19.2. The first kappa shape index (κ1) is 20.0. The van der Waals surface area contributed by atoms with Crippen LogP contribution in [0.2, 0.25) is 0 Å². The molecular formula is C19H25N5O4S. The highest BCUT2D eigenvalue weighted by Gasteiger charge is 2.33. The molecule has 0 spiro atoms. The molecule has 1 aromatic carbocycles. The second-order valence-corrected chi connectivity index (χ2v) is 9.57. The standard InChI is InChI=1S/C19H25N5O4S/c1-13-10-23(11-14(2)28-13)29(26,27)17-6-4-5-16(9-17)19(25)22-7-8-24-18(12-22)20-15(3)21-24/h4-6,9,13-14H,7-8,10-12H2,1-3H3. The van der Waals surface area contributed by atoms with Gasteiger partial charge in [0.1, 0.15) is 11.6 Å². The van der Waals surface area contributed by atoms with Crippen LogP contribution >= 0.6 is 0 Å². The summed E-state index contributed by atoms with van der Waals surface area (Å²) in [6, 6.07) is 6.26. The van der Waals surface area contributed by atoms with Crippen molar-refractivity contribution in [3.05, 3.63) is 41.5 Å². The van der Waals surface area contributed by atoms with Gasteiger partial charge in [-0.1, -0.05) is 6.07 Å². The molecule has 2 unspecified atom stereocenters. The largest absolute Gasteiger partial charge is 0.373 e. The Bertz CT molecular complexity index is 1020. The molecule has 1 saturated heterocycles. The summed E-state index contributed by atoms with van der Waals surface area (Å²) >= 11 is 0. The van der Waals surface area contributed by atoms with Gasteiger partial charge >= 0.3 is 0 Å². The molecule has 9 nitrogen and oxygen atoms in total. The van der Waals surface area contributed by atoms with Crippen LogP contribution in [0.5, 0.6) is 0 Å². The van der Waals surface area contributed by atoms with Crippen LogP contribution in [-0.4, -0.2) is 70.1 Å². The Morgan fingerprint density at radius 2 is 1.90 bits per heavy atom. The monoisotopic (exact) mass is 419 g/mol. The number of fused-ring (bicyclic) bond motifs is 1. The number of ether oxygens (including phenoxy) is 1. The van der Waals surface area contributed by atoms with Crippen molar-refractivity contribution >= 4 is 15.9 Å². The van der Waals surface area contributed by atoms with Crippen molar-refractivity contribution in [1.82, 2.24) is 24.0 Å². The van der Waals surface area contributed by atoms with Gasteiger partial charge in [-0.2, -0.15) is 9.40 Å². The van der Waals surface area contributed by atoms with Crippen LogP contribution in [0.4, 0.5) is 0 Å². The van der Waals surface area contributed by atoms with Gasteiger partial charge in [0.15, 0.2) is 0 Å². The van der Waals surface area contributed by atoms with E-state index in [9.17, 15) is 13.2 Å². The van der Waals surface area contributed by atoms with Gasteiger partial charge in [-0.15, -0.1) is 0 Å². The van der Waals surface area contributed by atoms with Gasteiger partial charge in [-0.25, -0.2) is 18.1 Å². The van der Waals surface area contributed by atoms with E-state index >= 15 is 0 Å². The first-order chi connectivity index (χ1) is 13.7. The summed E-state index contributed by atoms with van der Waals surface area (Å²) in [5.41, 5.74) is 0.352. The topological polar surface area (TPSA) is 97.6 Å². The van der Waals surface area contributed by atoms with Crippen LogP contribution in [0.1, 0.15) is 35.9 Å². The van der Waals surface area contributed by atoms with Gasteiger partial charge in [0, 0.05) is 25.2 Å². The van der Waals surface area contributed by atoms with Gasteiger partial charge in [-0.3, -0.25) is 4.79 Å². The first-order valence-electron chi connectivity index (χ1n) is 9.69. The summed E-state index contributed by atoms with van der Waals surface area (Å²) in [5.74, 6) is 1.20. The summed E-state index contributed by atoms with van der Waals surface area (Å²) < 4.78 is 35.1. The van der Waals surface area contributed by atoms with Crippen molar-refractivity contribution in [2.75, 3.05) is 19.6 Å². The van der Waals surface area contributed by atoms with E-state index in [1.165, 1.54) is 16.4 Å². The number of carbonyl (C=O) groups excluding carboxylic acids is 1. The predicted octanol–water partition coefficient (Wildman–Crippen LogP) is 1.04. The van der Waals surface area contributed by atoms with E-state index in [1.807, 2.05) is 20.8 Å². The minimum Gasteiger partial charge on any atom is -0.373 e. The van der Waals surface area contributed by atoms with E-state index in [4.69, 9.17) is 4.74 Å². The molecule has 1 amide bonds. The summed E-state index contributed by atoms with van der Waals surface area (Å²) in [6.07, 6.45) is -0.347. The number of benzene rings is 1. The zero-order valence-electron chi connectivity index (χ0n) is 16.8. The lowest BCUT2D eigenvalue weighted by Gasteiger charge is -2.34. The van der Waals surface area contributed by atoms with Crippen molar-refractivity contribution in [1.29, 1.82) is 0 Å². The Morgan fingerprint density at radius 1 is 1.17 bits per heavy atom. The maximum Gasteiger partial charge on any atom is 0.254 e. The Kier molecular flexibility index (Phi) is 5.18. The number of nitrogens with zero attached hydrogens (tertiary/aromatic N) is 5. The second-order valence-electron chi connectivity index (χ2n) is 7.63. The quantitative estimate of drug-likeness (QED) is 0.737. The molecular weight excluding hydrogens is 394 g/mol. The predicted molar refractivity (Wildman–Crippen MR) is 105 cm³/mol. The zero-order chi connectivity index (χ0) is 20.8. The molecule has 1 fully saturated rings. The summed E-state index contributed by atoms with van der Waals surface area (Å²) in [7, 11) is -3.70. The van der Waals surface area contributed by atoms with Crippen LogP contribution in [0.25, 0.3) is 0 Å². The van der Waals surface area contributed by atoms with Gasteiger partial charge in [0.25, 0.3) is 5.91 Å². The summed E-state index contributed by atoms with van der Waals surface area (Å²) in [6.45, 7) is 7.56. The molecule has 2 aromatic rings. The molecule has 0 bridgehead atoms. The molecule has 3 heterocycles. The zero-order valence-corrected chi connectivity index (χ0v) is 17.6. The van der Waals surface area contributed by atoms with Crippen molar-refractivity contribution in [2.24, 2.45) is 0 Å². The van der Waals surface area contributed by atoms with Crippen molar-refractivity contribution < 1.29 is 17.9 Å². The van der Waals surface area contributed by atoms with Crippen molar-refractivity contribution in [3.8, 4) is 0 Å². The van der Waals surface area contributed by atoms with E-state index in [0.717, 1.165) is 5.82 Å². The molecule has 0 radical (unpaired) electrons. The third-order valence-electron chi connectivity index (χ3n) is 5.16. The van der Waals surface area contributed by atoms with Crippen molar-refractivity contribution in [2.45, 2.75) is 51.0 Å². The fourth-order valence-electron chi connectivity index (χ4n) is 3.88. The van der Waals surface area contributed by atoms with E-state index in [-0.39, 0.29) is 23.0 Å². The van der Waals surface area contributed by atoms with Crippen molar-refractivity contribution in [3.63, 3.8) is 0 Å². The van der Waals surface area contributed by atoms with Crippen LogP contribution in [0, 0.1) is 6.92 Å². The maximum absolute atomic E-state index is 13.1. The normalized spacial score (nSPS) is 23.1. The number of amides is 1. The third kappa shape index (κ3) is 3.92. The molecule has 2 aliphatic rings. The Morgan fingerprint density at radius 3 is 2.62 bits per heavy atom. The number of carbonyl (C=O) groups is 1. The molecule has 2 aliphatic heterocycles. The molecule has 2 atom stereocenters. The SMILES string of the molecule is Cc1nc2n(n1)CCN(C(=O)c1cccc(S(=O)(=O)N3CC(C)OC(C)C3)c1)C2. The van der Waals surface area contributed by atoms with E-state index in [0.29, 0.717) is 44.1 Å². The molecule has 29 heavy (non-hydrogen) atoms. The number of sulfonamides is 1. The van der Waals surface area contributed by atoms with E-state index in [2.05, 4.69) is 10.1 Å². The molecule has 1 aromatic heterocycles. The van der Waals surface area contributed by atoms with E-state index in [1.54, 1.807) is 21.7 Å². The average Bonchev–Trinajstić information content (AvgIpc) is 3.06. The number of aryl methyl sites for hydroxylation is 1. The highest BCUT2D eigenvalue weighted by Crippen LogP contribution is 2.23. The second kappa shape index (κ2) is 7.51. The highest BCUT2D eigenvalue weighted by molar-refractivity contribution is 7.89. The van der Waals surface area contributed by atoms with Gasteiger partial charge in [-0.05, 0) is 39.0 Å². The highest BCUT2D eigenvalue weighted by atomic mass is 32.2. The number of rotatable bonds is 3. The number of hydrogen-bond donors (Lipinski definition) is 0. The Hall–Kier alpha value is -2.30. The lowest BCUT2D eigenvalue weighted by atomic mass is 10.2. The maximum atomic E-state index is 13.1. The van der Waals surface area contributed by atoms with Gasteiger partial charge in [0.2, 0.25) is 10.0 Å². The molecule has 0 N–H and O–H groups in total. The molecule has 156 valence electrons. The van der Waals surface area contributed by atoms with Crippen LogP contribution in [-0.2, 0) is 27.8 Å². The lowest BCUT2D eigenvalue weighted by Crippen LogP contribution is -2.48. The van der Waals surface area contributed by atoms with E-state index < -0.39 is 10.0 Å². The number of hydrogen-bond acceptors (Lipinski definition) is 6. The van der Waals surface area contributed by atoms with Crippen LogP contribution in [0.3, 0.4) is 0 Å². The Labute approximate surface area is 170 Å². The number of aromatic nitrogens is 3. The number of morpholine rings is 1. The minimum atomic E-state index is -3.70. The minimum absolute atomic E-state index is 0.126. The molecule has 10 heteroatoms. The third-order valence-corrected chi connectivity index (χ3v) is 6.99. The molecule has 4 rings (SSSR count). The smallest absolute Gasteiger partial charge is 0.254 e. The van der Waals surface area contributed by atoms with Gasteiger partial charge < -0.3 is 9.64 Å². The fraction of sp³-hybridized carbons (Fsp3) is 0.526.